The van der Waals surface area contributed by atoms with Crippen LogP contribution in [0.15, 0.2) is 41.3 Å². The molecule has 0 spiro atoms. The summed E-state index contributed by atoms with van der Waals surface area (Å²) < 4.78 is 1.33. The third-order valence-electron chi connectivity index (χ3n) is 5.86. The predicted molar refractivity (Wildman–Crippen MR) is 131 cm³/mol. The Bertz CT molecular complexity index is 1200. The molecular weight excluding hydrogens is 468 g/mol. The molecule has 12 heteroatoms. The summed E-state index contributed by atoms with van der Waals surface area (Å²) in [5.41, 5.74) is -0.413. The second kappa shape index (κ2) is 11.0. The Labute approximate surface area is 207 Å². The minimum Gasteiger partial charge on any atom is -0.465 e. The molecule has 0 bridgehead atoms. The molecule has 1 aliphatic heterocycles. The molecule has 1 saturated heterocycles. The maximum atomic E-state index is 12.6. The van der Waals surface area contributed by atoms with E-state index in [1.807, 2.05) is 6.92 Å². The van der Waals surface area contributed by atoms with E-state index in [1.54, 1.807) is 24.3 Å². The number of anilines is 1. The zero-order valence-electron chi connectivity index (χ0n) is 20.5. The Balaban J connectivity index is 1.58. The number of hydrogen-bond donors (Lipinski definition) is 3. The monoisotopic (exact) mass is 498 g/mol. The Morgan fingerprint density at radius 2 is 1.61 bits per heavy atom. The van der Waals surface area contributed by atoms with Gasteiger partial charge in [0.15, 0.2) is 0 Å². The number of carboxylic acid groups (broad SMARTS) is 1. The van der Waals surface area contributed by atoms with Crippen LogP contribution in [0.3, 0.4) is 0 Å². The van der Waals surface area contributed by atoms with Gasteiger partial charge in [0, 0.05) is 45.2 Å². The van der Waals surface area contributed by atoms with Crippen molar-refractivity contribution in [3.05, 3.63) is 52.6 Å². The summed E-state index contributed by atoms with van der Waals surface area (Å²) in [6.45, 7) is 5.75. The summed E-state index contributed by atoms with van der Waals surface area (Å²) in [6, 6.07) is 8.08. The number of hydrogen-bond acceptors (Lipinski definition) is 6. The molecule has 12 nitrogen and oxygen atoms in total. The van der Waals surface area contributed by atoms with Crippen molar-refractivity contribution in [3.8, 4) is 5.69 Å². The van der Waals surface area contributed by atoms with E-state index in [2.05, 4.69) is 15.6 Å². The highest BCUT2D eigenvalue weighted by Gasteiger charge is 2.35. The average molecular weight is 499 g/mol. The molecule has 192 valence electrons. The van der Waals surface area contributed by atoms with Crippen molar-refractivity contribution in [2.45, 2.75) is 39.2 Å². The van der Waals surface area contributed by atoms with Gasteiger partial charge in [-0.1, -0.05) is 19.1 Å². The summed E-state index contributed by atoms with van der Waals surface area (Å²) in [5, 5.41) is 13.7. The summed E-state index contributed by atoms with van der Waals surface area (Å²) in [4.78, 5) is 67.2. The van der Waals surface area contributed by atoms with Crippen molar-refractivity contribution < 1.29 is 24.3 Å². The number of amides is 4. The topological polar surface area (TPSA) is 154 Å². The molecule has 0 radical (unpaired) electrons. The Hall–Kier alpha value is -4.22. The lowest BCUT2D eigenvalue weighted by Gasteiger charge is -2.38. The van der Waals surface area contributed by atoms with E-state index in [9.17, 15) is 24.0 Å². The van der Waals surface area contributed by atoms with Crippen LogP contribution in [0.2, 0.25) is 0 Å². The third kappa shape index (κ3) is 6.46. The van der Waals surface area contributed by atoms with E-state index < -0.39 is 23.4 Å². The molecule has 1 aromatic heterocycles. The molecular formula is C24H30N6O6. The van der Waals surface area contributed by atoms with Crippen molar-refractivity contribution >= 4 is 29.6 Å². The normalized spacial score (nSPS) is 13.8. The predicted octanol–water partition coefficient (Wildman–Crippen LogP) is 1.48. The first-order valence-electron chi connectivity index (χ1n) is 11.6. The van der Waals surface area contributed by atoms with E-state index in [0.29, 0.717) is 18.5 Å². The van der Waals surface area contributed by atoms with E-state index in [-0.39, 0.29) is 43.7 Å². The number of rotatable bonds is 7. The molecule has 3 N–H and O–H groups in total. The maximum absolute atomic E-state index is 12.6. The van der Waals surface area contributed by atoms with Gasteiger partial charge >= 0.3 is 17.8 Å². The number of urea groups is 1. The number of aromatic nitrogens is 2. The van der Waals surface area contributed by atoms with Crippen LogP contribution >= 0.6 is 0 Å². The van der Waals surface area contributed by atoms with Crippen molar-refractivity contribution in [2.75, 3.05) is 31.5 Å². The van der Waals surface area contributed by atoms with E-state index in [4.69, 9.17) is 5.11 Å². The molecule has 1 aliphatic rings. The lowest BCUT2D eigenvalue weighted by atomic mass is 10.0. The summed E-state index contributed by atoms with van der Waals surface area (Å²) in [5.74, 6) is -0.148. The Morgan fingerprint density at radius 1 is 1.00 bits per heavy atom. The Morgan fingerprint density at radius 3 is 2.17 bits per heavy atom. The zero-order chi connectivity index (χ0) is 26.5. The summed E-state index contributed by atoms with van der Waals surface area (Å²) in [6.07, 6.45) is 1.02. The van der Waals surface area contributed by atoms with Gasteiger partial charge < -0.3 is 20.2 Å². The third-order valence-corrected chi connectivity index (χ3v) is 5.86. The van der Waals surface area contributed by atoms with Crippen molar-refractivity contribution in [2.24, 2.45) is 0 Å². The van der Waals surface area contributed by atoms with Gasteiger partial charge in [0.25, 0.3) is 0 Å². The van der Waals surface area contributed by atoms with E-state index >= 15 is 0 Å². The summed E-state index contributed by atoms with van der Waals surface area (Å²) in [7, 11) is 0. The standard InChI is InChI=1S/C24H30N6O6/c1-4-18(31)15-16-5-7-17(8-6-16)30-10-9-19(26-22(30)34)25-21(33)29-13-11-28(12-14-29)20(32)24(2,3)27-23(35)36/h5-10,27H,4,11-15H2,1-3H3,(H,35,36)(H,25,26,33,34). The lowest BCUT2D eigenvalue weighted by Crippen LogP contribution is -2.60. The first kappa shape index (κ1) is 26.4. The second-order valence-electron chi connectivity index (χ2n) is 8.97. The quantitative estimate of drug-likeness (QED) is 0.522. The summed E-state index contributed by atoms with van der Waals surface area (Å²) >= 11 is 0. The smallest absolute Gasteiger partial charge is 0.405 e. The first-order valence-corrected chi connectivity index (χ1v) is 11.6. The number of carbonyl (C=O) groups excluding carboxylic acids is 3. The molecule has 3 rings (SSSR count). The van der Waals surface area contributed by atoms with Crippen LogP contribution < -0.4 is 16.3 Å². The zero-order valence-corrected chi connectivity index (χ0v) is 20.5. The fourth-order valence-electron chi connectivity index (χ4n) is 3.81. The average Bonchev–Trinajstić information content (AvgIpc) is 2.83. The minimum absolute atomic E-state index is 0.0942. The van der Waals surface area contributed by atoms with Gasteiger partial charge in [-0.15, -0.1) is 0 Å². The number of nitrogens with one attached hydrogen (secondary N) is 2. The van der Waals surface area contributed by atoms with Crippen LogP contribution in [0, 0.1) is 0 Å². The molecule has 4 amide bonds. The first-order chi connectivity index (χ1) is 17.0. The molecule has 0 unspecified atom stereocenters. The van der Waals surface area contributed by atoms with Gasteiger partial charge in [-0.2, -0.15) is 4.98 Å². The second-order valence-corrected chi connectivity index (χ2v) is 8.97. The highest BCUT2D eigenvalue weighted by molar-refractivity contribution is 5.90. The Kier molecular flexibility index (Phi) is 8.07. The van der Waals surface area contributed by atoms with E-state index in [0.717, 1.165) is 5.56 Å². The van der Waals surface area contributed by atoms with Crippen LogP contribution in [0.25, 0.3) is 5.69 Å². The lowest BCUT2D eigenvalue weighted by molar-refractivity contribution is -0.138. The van der Waals surface area contributed by atoms with Crippen LogP contribution in [-0.2, 0) is 16.0 Å². The fourth-order valence-corrected chi connectivity index (χ4v) is 3.81. The molecule has 2 heterocycles. The van der Waals surface area contributed by atoms with Gasteiger partial charge in [-0.05, 0) is 37.6 Å². The van der Waals surface area contributed by atoms with Crippen LogP contribution in [-0.4, -0.2) is 80.0 Å². The fraction of sp³-hybridized carbons (Fsp3) is 0.417. The number of piperazine rings is 1. The number of Topliss-reactive ketones (excluding diaryl/α,β-unsaturated/α-hetero) is 1. The molecule has 1 fully saturated rings. The van der Waals surface area contributed by atoms with Crippen LogP contribution in [0.1, 0.15) is 32.8 Å². The number of carbonyl (C=O) groups is 4. The number of ketones is 1. The largest absolute Gasteiger partial charge is 0.465 e. The van der Waals surface area contributed by atoms with Crippen molar-refractivity contribution in [1.82, 2.24) is 24.7 Å². The molecule has 0 saturated carbocycles. The maximum Gasteiger partial charge on any atom is 0.405 e. The van der Waals surface area contributed by atoms with E-state index in [1.165, 1.54) is 40.5 Å². The van der Waals surface area contributed by atoms with Gasteiger partial charge in [0.1, 0.15) is 17.1 Å². The van der Waals surface area contributed by atoms with Crippen molar-refractivity contribution in [1.29, 1.82) is 0 Å². The molecule has 36 heavy (non-hydrogen) atoms. The van der Waals surface area contributed by atoms with Gasteiger partial charge in [0.05, 0.1) is 5.69 Å². The molecule has 0 atom stereocenters. The highest BCUT2D eigenvalue weighted by atomic mass is 16.4. The van der Waals surface area contributed by atoms with Gasteiger partial charge in [-0.3, -0.25) is 19.5 Å². The number of nitrogens with zero attached hydrogens (tertiary/aromatic N) is 4. The van der Waals surface area contributed by atoms with Gasteiger partial charge in [0.2, 0.25) is 5.91 Å². The van der Waals surface area contributed by atoms with Crippen molar-refractivity contribution in [3.63, 3.8) is 0 Å². The molecule has 1 aromatic carbocycles. The van der Waals surface area contributed by atoms with Crippen LogP contribution in [0.4, 0.5) is 15.4 Å². The minimum atomic E-state index is -1.29. The van der Waals surface area contributed by atoms with Crippen LogP contribution in [0.5, 0.6) is 0 Å². The molecule has 0 aliphatic carbocycles. The highest BCUT2D eigenvalue weighted by Crippen LogP contribution is 2.13. The number of benzene rings is 1. The van der Waals surface area contributed by atoms with Gasteiger partial charge in [-0.25, -0.2) is 14.4 Å². The SMILES string of the molecule is CCC(=O)Cc1ccc(-n2ccc(NC(=O)N3CCN(C(=O)C(C)(C)NC(=O)O)CC3)nc2=O)cc1. The molecule has 2 aromatic rings.